The van der Waals surface area contributed by atoms with Gasteiger partial charge in [0.25, 0.3) is 5.78 Å². The lowest BCUT2D eigenvalue weighted by atomic mass is 10.2. The van der Waals surface area contributed by atoms with Gasteiger partial charge in [-0.3, -0.25) is 0 Å². The molecule has 9 nitrogen and oxygen atoms in total. The van der Waals surface area contributed by atoms with Gasteiger partial charge in [-0.1, -0.05) is 18.2 Å². The van der Waals surface area contributed by atoms with Crippen LogP contribution in [0.3, 0.4) is 0 Å². The van der Waals surface area contributed by atoms with Gasteiger partial charge in [0.15, 0.2) is 5.82 Å². The molecule has 0 bridgehead atoms. The number of hydrogen-bond donors (Lipinski definition) is 1. The first-order chi connectivity index (χ1) is 12.7. The summed E-state index contributed by atoms with van der Waals surface area (Å²) in [5, 5.41) is 16.0. The fourth-order valence-corrected chi connectivity index (χ4v) is 2.53. The van der Waals surface area contributed by atoms with Gasteiger partial charge in [-0.2, -0.15) is 9.50 Å². The molecule has 0 aliphatic heterocycles. The number of rotatable bonds is 5. The second-order valence-electron chi connectivity index (χ2n) is 5.56. The Balaban J connectivity index is 1.71. The monoisotopic (exact) mass is 348 g/mol. The van der Waals surface area contributed by atoms with Crippen LogP contribution in [-0.4, -0.2) is 41.9 Å². The van der Waals surface area contributed by atoms with Crippen LogP contribution in [-0.2, 0) is 11.3 Å². The van der Waals surface area contributed by atoms with Gasteiger partial charge < -0.3 is 10.1 Å². The van der Waals surface area contributed by atoms with E-state index in [1.807, 2.05) is 37.3 Å². The molecule has 0 spiro atoms. The van der Waals surface area contributed by atoms with Crippen LogP contribution < -0.4 is 5.32 Å². The van der Waals surface area contributed by atoms with E-state index in [4.69, 9.17) is 4.74 Å². The van der Waals surface area contributed by atoms with E-state index < -0.39 is 0 Å². The van der Waals surface area contributed by atoms with Gasteiger partial charge in [-0.05, 0) is 25.1 Å². The van der Waals surface area contributed by atoms with E-state index in [-0.39, 0.29) is 0 Å². The normalized spacial score (nSPS) is 11.0. The highest BCUT2D eigenvalue weighted by Gasteiger charge is 2.14. The molecule has 9 heteroatoms. The van der Waals surface area contributed by atoms with Crippen LogP contribution >= 0.6 is 0 Å². The molecule has 1 aromatic carbocycles. The Morgan fingerprint density at radius 1 is 1.08 bits per heavy atom. The molecule has 130 valence electrons. The topological polar surface area (TPSA) is 103 Å². The number of ether oxygens (including phenoxy) is 1. The molecule has 0 fully saturated rings. The molecular formula is C17H16N8O. The zero-order chi connectivity index (χ0) is 17.9. The van der Waals surface area contributed by atoms with E-state index >= 15 is 0 Å². The summed E-state index contributed by atoms with van der Waals surface area (Å²) in [6, 6.07) is 11.5. The molecule has 0 unspecified atom stereocenters. The van der Waals surface area contributed by atoms with Crippen molar-refractivity contribution in [1.82, 2.24) is 34.8 Å². The number of fused-ring (bicyclic) bond motifs is 1. The molecule has 3 heterocycles. The van der Waals surface area contributed by atoms with Gasteiger partial charge >= 0.3 is 0 Å². The molecule has 4 aromatic rings. The number of nitrogens with one attached hydrogen (secondary N) is 1. The summed E-state index contributed by atoms with van der Waals surface area (Å²) < 4.78 is 6.71. The first-order valence-corrected chi connectivity index (χ1v) is 7.98. The maximum atomic E-state index is 5.07. The summed E-state index contributed by atoms with van der Waals surface area (Å²) in [5.74, 6) is 1.46. The first kappa shape index (κ1) is 16.0. The van der Waals surface area contributed by atoms with E-state index in [1.165, 1.54) is 0 Å². The van der Waals surface area contributed by atoms with Crippen LogP contribution in [0.25, 0.3) is 17.2 Å². The number of nitrogens with zero attached hydrogens (tertiary/aromatic N) is 7. The fraction of sp³-hybridized carbons (Fsp3) is 0.176. The quantitative estimate of drug-likeness (QED) is 0.585. The van der Waals surface area contributed by atoms with Crippen molar-refractivity contribution in [2.45, 2.75) is 13.5 Å². The Bertz CT molecular complexity index is 1050. The molecule has 3 aromatic heterocycles. The van der Waals surface area contributed by atoms with Gasteiger partial charge in [0, 0.05) is 19.0 Å². The highest BCUT2D eigenvalue weighted by molar-refractivity contribution is 5.60. The summed E-state index contributed by atoms with van der Waals surface area (Å²) in [5.41, 5.74) is 2.96. The third-order valence-corrected chi connectivity index (χ3v) is 3.74. The number of aromatic nitrogens is 7. The van der Waals surface area contributed by atoms with Crippen LogP contribution in [0.4, 0.5) is 11.6 Å². The molecule has 0 saturated carbocycles. The largest absolute Gasteiger partial charge is 0.377 e. The molecule has 0 atom stereocenters. The van der Waals surface area contributed by atoms with Crippen molar-refractivity contribution in [3.63, 3.8) is 0 Å². The van der Waals surface area contributed by atoms with Crippen LogP contribution in [0, 0.1) is 6.92 Å². The van der Waals surface area contributed by atoms with Gasteiger partial charge in [0.1, 0.15) is 12.3 Å². The Kier molecular flexibility index (Phi) is 4.20. The highest BCUT2D eigenvalue weighted by Crippen LogP contribution is 2.20. The van der Waals surface area contributed by atoms with Crippen molar-refractivity contribution in [1.29, 1.82) is 0 Å². The molecule has 26 heavy (non-hydrogen) atoms. The van der Waals surface area contributed by atoms with E-state index in [0.717, 1.165) is 11.4 Å². The van der Waals surface area contributed by atoms with Crippen molar-refractivity contribution in [2.75, 3.05) is 12.4 Å². The van der Waals surface area contributed by atoms with E-state index in [2.05, 4.69) is 35.6 Å². The van der Waals surface area contributed by atoms with Gasteiger partial charge in [-0.25, -0.2) is 9.97 Å². The van der Waals surface area contributed by atoms with Crippen molar-refractivity contribution < 1.29 is 4.74 Å². The lowest BCUT2D eigenvalue weighted by molar-refractivity contribution is 0.178. The van der Waals surface area contributed by atoms with Crippen LogP contribution in [0.1, 0.15) is 11.5 Å². The Labute approximate surface area is 149 Å². The summed E-state index contributed by atoms with van der Waals surface area (Å²) in [6.07, 6.45) is 1.68. The SMILES string of the molecule is COCc1nc2nnc(-c3ccnc(Nc4ccccc4)n3)c(C)n2n1. The van der Waals surface area contributed by atoms with E-state index in [9.17, 15) is 0 Å². The maximum absolute atomic E-state index is 5.07. The molecule has 1 N–H and O–H groups in total. The van der Waals surface area contributed by atoms with Gasteiger partial charge in [0.05, 0.1) is 11.4 Å². The van der Waals surface area contributed by atoms with Crippen LogP contribution in [0.5, 0.6) is 0 Å². The highest BCUT2D eigenvalue weighted by atomic mass is 16.5. The van der Waals surface area contributed by atoms with Crippen molar-refractivity contribution in [3.8, 4) is 11.4 Å². The summed E-state index contributed by atoms with van der Waals surface area (Å²) in [4.78, 5) is 13.1. The molecule has 0 saturated heterocycles. The number of aryl methyl sites for hydroxylation is 1. The number of methoxy groups -OCH3 is 1. The number of hydrogen-bond acceptors (Lipinski definition) is 8. The molecule has 4 rings (SSSR count). The van der Waals surface area contributed by atoms with Crippen molar-refractivity contribution in [2.24, 2.45) is 0 Å². The molecular weight excluding hydrogens is 332 g/mol. The maximum Gasteiger partial charge on any atom is 0.272 e. The minimum atomic E-state index is 0.316. The predicted molar refractivity (Wildman–Crippen MR) is 94.8 cm³/mol. The minimum Gasteiger partial charge on any atom is -0.377 e. The van der Waals surface area contributed by atoms with Crippen LogP contribution in [0.15, 0.2) is 42.6 Å². The third-order valence-electron chi connectivity index (χ3n) is 3.74. The summed E-state index contributed by atoms with van der Waals surface area (Å²) >= 11 is 0. The summed E-state index contributed by atoms with van der Waals surface area (Å²) in [7, 11) is 1.60. The third kappa shape index (κ3) is 3.07. The molecule has 0 amide bonds. The lowest BCUT2D eigenvalue weighted by Gasteiger charge is -2.07. The lowest BCUT2D eigenvalue weighted by Crippen LogP contribution is -2.05. The van der Waals surface area contributed by atoms with E-state index in [1.54, 1.807) is 23.9 Å². The Hall–Kier alpha value is -3.46. The molecule has 0 radical (unpaired) electrons. The average molecular weight is 348 g/mol. The zero-order valence-corrected chi connectivity index (χ0v) is 14.3. The number of para-hydroxylation sites is 1. The number of benzene rings is 1. The smallest absolute Gasteiger partial charge is 0.272 e. The number of anilines is 2. The Morgan fingerprint density at radius 3 is 2.73 bits per heavy atom. The molecule has 0 aliphatic carbocycles. The van der Waals surface area contributed by atoms with E-state index in [0.29, 0.717) is 35.5 Å². The van der Waals surface area contributed by atoms with Gasteiger partial charge in [0.2, 0.25) is 5.95 Å². The molecule has 0 aliphatic rings. The first-order valence-electron chi connectivity index (χ1n) is 7.98. The van der Waals surface area contributed by atoms with Gasteiger partial charge in [-0.15, -0.1) is 15.3 Å². The Morgan fingerprint density at radius 2 is 1.92 bits per heavy atom. The summed E-state index contributed by atoms with van der Waals surface area (Å²) in [6.45, 7) is 2.21. The van der Waals surface area contributed by atoms with Crippen LogP contribution in [0.2, 0.25) is 0 Å². The minimum absolute atomic E-state index is 0.316. The fourth-order valence-electron chi connectivity index (χ4n) is 2.53. The van der Waals surface area contributed by atoms with Crippen molar-refractivity contribution in [3.05, 3.63) is 54.1 Å². The average Bonchev–Trinajstić information content (AvgIpc) is 3.07. The standard InChI is InChI=1S/C17H16N8O/c1-11-15(22-23-17-21-14(10-26-2)24-25(11)17)13-8-9-18-16(20-13)19-12-6-4-3-5-7-12/h3-9H,10H2,1-2H3,(H,18,19,20). The second kappa shape index (κ2) is 6.81. The zero-order valence-electron chi connectivity index (χ0n) is 14.3. The second-order valence-corrected chi connectivity index (χ2v) is 5.56. The van der Waals surface area contributed by atoms with Crippen molar-refractivity contribution >= 4 is 17.4 Å². The predicted octanol–water partition coefficient (Wildman–Crippen LogP) is 2.17.